The van der Waals surface area contributed by atoms with Crippen molar-refractivity contribution < 1.29 is 13.2 Å². The number of nitrogens with zero attached hydrogens (tertiary/aromatic N) is 3. The van der Waals surface area contributed by atoms with E-state index in [0.717, 1.165) is 11.0 Å². The lowest BCUT2D eigenvalue weighted by Crippen LogP contribution is -2.51. The van der Waals surface area contributed by atoms with E-state index in [-0.39, 0.29) is 9.92 Å². The molecule has 0 saturated carbocycles. The lowest BCUT2D eigenvalue weighted by Gasteiger charge is -2.35. The fourth-order valence-electron chi connectivity index (χ4n) is 2.73. The van der Waals surface area contributed by atoms with Gasteiger partial charge in [0.1, 0.15) is 11.5 Å². The van der Waals surface area contributed by atoms with E-state index in [1.807, 2.05) is 4.90 Å². The van der Waals surface area contributed by atoms with E-state index >= 15 is 0 Å². The highest BCUT2D eigenvalue weighted by atomic mass is 79.9. The Morgan fingerprint density at radius 1 is 1.21 bits per heavy atom. The maximum absolute atomic E-state index is 12.8. The number of hydrogen-bond acceptors (Lipinski definition) is 5. The van der Waals surface area contributed by atoms with Crippen LogP contribution in [0.25, 0.3) is 0 Å². The Labute approximate surface area is 160 Å². The van der Waals surface area contributed by atoms with Gasteiger partial charge in [-0.2, -0.15) is 4.31 Å². The van der Waals surface area contributed by atoms with Gasteiger partial charge in [0.2, 0.25) is 10.0 Å². The Balaban J connectivity index is 1.64. The highest BCUT2D eigenvalue weighted by Crippen LogP contribution is 2.28. The zero-order valence-corrected chi connectivity index (χ0v) is 16.8. The second-order valence-corrected chi connectivity index (χ2v) is 9.19. The molecule has 6 nitrogen and oxygen atoms in total. The summed E-state index contributed by atoms with van der Waals surface area (Å²) in [5, 5.41) is 0.748. The summed E-state index contributed by atoms with van der Waals surface area (Å²) in [6.45, 7) is 4.22. The molecule has 3 rings (SSSR count). The Hall–Kier alpha value is -0.450. The number of thiocarbonyl (C=S) groups is 1. The van der Waals surface area contributed by atoms with E-state index < -0.39 is 10.0 Å². The van der Waals surface area contributed by atoms with Crippen LogP contribution in [-0.2, 0) is 14.8 Å². The molecule has 0 amide bonds. The molecular weight excluding hydrogens is 438 g/mol. The van der Waals surface area contributed by atoms with Crippen LogP contribution in [0.4, 0.5) is 0 Å². The molecular formula is C14H17BrClN3O3S2. The van der Waals surface area contributed by atoms with Gasteiger partial charge >= 0.3 is 0 Å². The monoisotopic (exact) mass is 453 g/mol. The molecule has 10 heteroatoms. The van der Waals surface area contributed by atoms with Crippen LogP contribution in [0.3, 0.4) is 0 Å². The van der Waals surface area contributed by atoms with E-state index in [1.165, 1.54) is 10.4 Å². The molecule has 2 saturated heterocycles. The standard InChI is InChI=1S/C14H17BrClN3O3S2/c15-11-1-2-13(12(16)9-11)24(20,21)19-5-3-17(4-6-19)10-18-7-8-22-14(18)23/h1-2,9H,3-8,10H2. The number of rotatable bonds is 4. The van der Waals surface area contributed by atoms with Crippen molar-refractivity contribution in [2.24, 2.45) is 0 Å². The zero-order valence-electron chi connectivity index (χ0n) is 12.8. The number of benzene rings is 1. The third-order valence-electron chi connectivity index (χ3n) is 4.06. The summed E-state index contributed by atoms with van der Waals surface area (Å²) < 4.78 is 33.1. The predicted molar refractivity (Wildman–Crippen MR) is 99.6 cm³/mol. The normalized spacial score (nSPS) is 20.4. The first-order chi connectivity index (χ1) is 11.4. The summed E-state index contributed by atoms with van der Waals surface area (Å²) in [5.74, 6) is 0. The quantitative estimate of drug-likeness (QED) is 0.649. The predicted octanol–water partition coefficient (Wildman–Crippen LogP) is 1.98. The molecule has 1 aromatic carbocycles. The van der Waals surface area contributed by atoms with Crippen LogP contribution in [0.15, 0.2) is 27.6 Å². The average molecular weight is 455 g/mol. The zero-order chi connectivity index (χ0) is 17.3. The third-order valence-corrected chi connectivity index (χ3v) is 7.31. The summed E-state index contributed by atoms with van der Waals surface area (Å²) in [6, 6.07) is 4.82. The first-order valence-electron chi connectivity index (χ1n) is 7.47. The summed E-state index contributed by atoms with van der Waals surface area (Å²) in [7, 11) is -3.58. The first kappa shape index (κ1) is 18.3. The highest BCUT2D eigenvalue weighted by Gasteiger charge is 2.31. The lowest BCUT2D eigenvalue weighted by atomic mass is 10.4. The smallest absolute Gasteiger partial charge is 0.260 e. The van der Waals surface area contributed by atoms with Crippen LogP contribution in [0.1, 0.15) is 0 Å². The number of halogens is 2. The van der Waals surface area contributed by atoms with Crippen LogP contribution in [0.5, 0.6) is 0 Å². The fraction of sp³-hybridized carbons (Fsp3) is 0.500. The molecule has 0 unspecified atom stereocenters. The van der Waals surface area contributed by atoms with Gasteiger partial charge in [-0.15, -0.1) is 0 Å². The van der Waals surface area contributed by atoms with Crippen molar-refractivity contribution in [2.45, 2.75) is 4.90 Å². The summed E-state index contributed by atoms with van der Waals surface area (Å²) in [6.07, 6.45) is 0. The average Bonchev–Trinajstić information content (AvgIpc) is 2.92. The van der Waals surface area contributed by atoms with Crippen molar-refractivity contribution in [1.29, 1.82) is 0 Å². The Kier molecular flexibility index (Phi) is 5.68. The fourth-order valence-corrected chi connectivity index (χ4v) is 5.40. The lowest BCUT2D eigenvalue weighted by molar-refractivity contribution is 0.142. The largest absolute Gasteiger partial charge is 0.469 e. The number of hydrogen-bond donors (Lipinski definition) is 0. The van der Waals surface area contributed by atoms with Crippen molar-refractivity contribution in [3.05, 3.63) is 27.7 Å². The van der Waals surface area contributed by atoms with Gasteiger partial charge in [0.05, 0.1) is 18.2 Å². The van der Waals surface area contributed by atoms with Crippen molar-refractivity contribution in [3.63, 3.8) is 0 Å². The highest BCUT2D eigenvalue weighted by molar-refractivity contribution is 9.10. The van der Waals surface area contributed by atoms with Gasteiger partial charge in [0, 0.05) is 30.7 Å². The molecule has 0 aromatic heterocycles. The molecule has 1 aromatic rings. The van der Waals surface area contributed by atoms with Gasteiger partial charge in [-0.1, -0.05) is 27.5 Å². The molecule has 2 fully saturated rings. The van der Waals surface area contributed by atoms with Crippen molar-refractivity contribution in [3.8, 4) is 0 Å². The second kappa shape index (κ2) is 7.43. The Bertz CT molecular complexity index is 739. The molecule has 0 radical (unpaired) electrons. The maximum atomic E-state index is 12.8. The summed E-state index contributed by atoms with van der Waals surface area (Å²) >= 11 is 14.5. The molecule has 2 aliphatic rings. The molecule has 2 heterocycles. The van der Waals surface area contributed by atoms with Gasteiger partial charge in [0.15, 0.2) is 0 Å². The van der Waals surface area contributed by atoms with Crippen molar-refractivity contribution in [2.75, 3.05) is 46.0 Å². The van der Waals surface area contributed by atoms with Crippen molar-refractivity contribution >= 4 is 54.9 Å². The van der Waals surface area contributed by atoms with Crippen LogP contribution < -0.4 is 0 Å². The molecule has 0 spiro atoms. The SMILES string of the molecule is O=S(=O)(c1ccc(Br)cc1Cl)N1CCN(CN2CCOC2=S)CC1. The molecule has 0 aliphatic carbocycles. The van der Waals surface area contributed by atoms with E-state index in [9.17, 15) is 8.42 Å². The van der Waals surface area contributed by atoms with Gasteiger partial charge in [-0.25, -0.2) is 8.42 Å². The van der Waals surface area contributed by atoms with Gasteiger partial charge in [-0.3, -0.25) is 4.90 Å². The van der Waals surface area contributed by atoms with Crippen LogP contribution in [-0.4, -0.2) is 73.7 Å². The second-order valence-electron chi connectivity index (χ2n) is 5.62. The van der Waals surface area contributed by atoms with E-state index in [2.05, 4.69) is 20.8 Å². The third kappa shape index (κ3) is 3.86. The number of piperazine rings is 1. The van der Waals surface area contributed by atoms with Gasteiger partial charge < -0.3 is 9.64 Å². The number of ether oxygens (including phenoxy) is 1. The minimum atomic E-state index is -3.58. The van der Waals surface area contributed by atoms with E-state index in [0.29, 0.717) is 44.6 Å². The summed E-state index contributed by atoms with van der Waals surface area (Å²) in [5.41, 5.74) is 0. The maximum Gasteiger partial charge on any atom is 0.260 e. The topological polar surface area (TPSA) is 53.1 Å². The van der Waals surface area contributed by atoms with Gasteiger partial charge in [0.25, 0.3) is 5.17 Å². The molecule has 0 atom stereocenters. The molecule has 2 aliphatic heterocycles. The molecule has 24 heavy (non-hydrogen) atoms. The Morgan fingerprint density at radius 3 is 2.50 bits per heavy atom. The van der Waals surface area contributed by atoms with Crippen LogP contribution in [0, 0.1) is 0 Å². The number of sulfonamides is 1. The van der Waals surface area contributed by atoms with E-state index in [4.69, 9.17) is 28.6 Å². The summed E-state index contributed by atoms with van der Waals surface area (Å²) in [4.78, 5) is 4.32. The minimum absolute atomic E-state index is 0.148. The van der Waals surface area contributed by atoms with E-state index in [1.54, 1.807) is 12.1 Å². The molecule has 0 N–H and O–H groups in total. The first-order valence-corrected chi connectivity index (χ1v) is 10.5. The molecule has 0 bridgehead atoms. The van der Waals surface area contributed by atoms with Crippen LogP contribution in [0.2, 0.25) is 5.02 Å². The van der Waals surface area contributed by atoms with Gasteiger partial charge in [-0.05, 0) is 30.4 Å². The van der Waals surface area contributed by atoms with Crippen LogP contribution >= 0.6 is 39.7 Å². The Morgan fingerprint density at radius 2 is 1.92 bits per heavy atom. The molecule has 132 valence electrons. The van der Waals surface area contributed by atoms with Crippen molar-refractivity contribution in [1.82, 2.24) is 14.1 Å². The minimum Gasteiger partial charge on any atom is -0.469 e.